The van der Waals surface area contributed by atoms with Crippen LogP contribution < -0.4 is 11.5 Å². The predicted octanol–water partition coefficient (Wildman–Crippen LogP) is 0.221. The molecule has 4 N–H and O–H groups in total. The van der Waals surface area contributed by atoms with Crippen LogP contribution in [0.15, 0.2) is 18.5 Å². The van der Waals surface area contributed by atoms with Crippen molar-refractivity contribution in [2.75, 3.05) is 5.73 Å². The van der Waals surface area contributed by atoms with Gasteiger partial charge in [-0.15, -0.1) is 0 Å². The van der Waals surface area contributed by atoms with E-state index in [1.54, 1.807) is 6.07 Å². The van der Waals surface area contributed by atoms with E-state index in [1.807, 2.05) is 0 Å². The third-order valence-electron chi connectivity index (χ3n) is 2.79. The van der Waals surface area contributed by atoms with Crippen LogP contribution >= 0.6 is 0 Å². The zero-order chi connectivity index (χ0) is 12.7. The van der Waals surface area contributed by atoms with E-state index in [0.717, 1.165) is 18.7 Å². The average Bonchev–Trinajstić information content (AvgIpc) is 3.05. The van der Waals surface area contributed by atoms with Crippen molar-refractivity contribution in [2.24, 2.45) is 5.73 Å². The summed E-state index contributed by atoms with van der Waals surface area (Å²) < 4.78 is 1.48. The van der Waals surface area contributed by atoms with Crippen LogP contribution in [-0.4, -0.2) is 25.7 Å². The van der Waals surface area contributed by atoms with Gasteiger partial charge in [-0.25, -0.2) is 14.6 Å². The molecule has 1 saturated carbocycles. The van der Waals surface area contributed by atoms with E-state index in [-0.39, 0.29) is 0 Å². The molecule has 2 heterocycles. The molecule has 0 spiro atoms. The molecule has 0 saturated heterocycles. The van der Waals surface area contributed by atoms with Crippen molar-refractivity contribution in [2.45, 2.75) is 18.8 Å². The van der Waals surface area contributed by atoms with Gasteiger partial charge in [-0.1, -0.05) is 0 Å². The Morgan fingerprint density at radius 3 is 2.78 bits per heavy atom. The monoisotopic (exact) mass is 244 g/mol. The standard InChI is InChI=1S/C11H12N6O/c12-8-3-9(16-11(15-8)6-1-2-6)17-5-7(4-14-17)10(13)18/h3-6H,1-2H2,(H2,13,18)(H2,12,15,16). The molecule has 0 bridgehead atoms. The molecule has 7 heteroatoms. The number of rotatable bonds is 3. The van der Waals surface area contributed by atoms with Crippen LogP contribution in [0.4, 0.5) is 5.82 Å². The molecule has 2 aromatic heterocycles. The molecular formula is C11H12N6O. The van der Waals surface area contributed by atoms with Crippen LogP contribution in [0.2, 0.25) is 0 Å². The number of amides is 1. The lowest BCUT2D eigenvalue weighted by Crippen LogP contribution is -2.10. The lowest BCUT2D eigenvalue weighted by molar-refractivity contribution is 0.100. The molecule has 2 aromatic rings. The van der Waals surface area contributed by atoms with Crippen molar-refractivity contribution in [1.82, 2.24) is 19.7 Å². The second-order valence-corrected chi connectivity index (χ2v) is 4.32. The van der Waals surface area contributed by atoms with Crippen molar-refractivity contribution < 1.29 is 4.79 Å². The van der Waals surface area contributed by atoms with Gasteiger partial charge in [0.15, 0.2) is 5.82 Å². The summed E-state index contributed by atoms with van der Waals surface area (Å²) in [4.78, 5) is 19.6. The minimum Gasteiger partial charge on any atom is -0.384 e. The topological polar surface area (TPSA) is 113 Å². The number of nitrogens with zero attached hydrogens (tertiary/aromatic N) is 4. The Bertz CT molecular complexity index is 616. The first-order chi connectivity index (χ1) is 8.63. The summed E-state index contributed by atoms with van der Waals surface area (Å²) in [6.07, 6.45) is 5.11. The van der Waals surface area contributed by atoms with Crippen LogP contribution in [0.3, 0.4) is 0 Å². The van der Waals surface area contributed by atoms with Crippen molar-refractivity contribution in [3.05, 3.63) is 29.8 Å². The number of carbonyl (C=O) groups excluding carboxylic acids is 1. The first kappa shape index (κ1) is 10.7. The Morgan fingerprint density at radius 1 is 1.39 bits per heavy atom. The highest BCUT2D eigenvalue weighted by atomic mass is 16.1. The van der Waals surface area contributed by atoms with Crippen molar-refractivity contribution in [1.29, 1.82) is 0 Å². The molecule has 1 aliphatic rings. The zero-order valence-electron chi connectivity index (χ0n) is 9.58. The van der Waals surface area contributed by atoms with Crippen molar-refractivity contribution in [3.8, 4) is 5.82 Å². The fourth-order valence-corrected chi connectivity index (χ4v) is 1.69. The summed E-state index contributed by atoms with van der Waals surface area (Å²) in [5.41, 5.74) is 11.3. The van der Waals surface area contributed by atoms with Crippen LogP contribution in [0.1, 0.15) is 34.9 Å². The summed E-state index contributed by atoms with van der Waals surface area (Å²) in [5.74, 6) is 1.57. The molecule has 0 unspecified atom stereocenters. The quantitative estimate of drug-likeness (QED) is 0.801. The third kappa shape index (κ3) is 1.90. The molecule has 0 atom stereocenters. The Balaban J connectivity index is 2.01. The molecule has 92 valence electrons. The highest BCUT2D eigenvalue weighted by molar-refractivity contribution is 5.92. The third-order valence-corrected chi connectivity index (χ3v) is 2.79. The van der Waals surface area contributed by atoms with E-state index < -0.39 is 5.91 Å². The number of nitrogens with two attached hydrogens (primary N) is 2. The Kier molecular flexibility index (Phi) is 2.26. The Labute approximate surface area is 103 Å². The van der Waals surface area contributed by atoms with Gasteiger partial charge in [0.1, 0.15) is 11.6 Å². The Morgan fingerprint density at radius 2 is 2.17 bits per heavy atom. The second kappa shape index (κ2) is 3.80. The van der Waals surface area contributed by atoms with E-state index in [2.05, 4.69) is 15.1 Å². The van der Waals surface area contributed by atoms with E-state index in [0.29, 0.717) is 23.1 Å². The lowest BCUT2D eigenvalue weighted by atomic mass is 10.3. The number of aromatic nitrogens is 4. The van der Waals surface area contributed by atoms with Crippen molar-refractivity contribution >= 4 is 11.7 Å². The molecule has 18 heavy (non-hydrogen) atoms. The van der Waals surface area contributed by atoms with Crippen LogP contribution in [0, 0.1) is 0 Å². The summed E-state index contributed by atoms with van der Waals surface area (Å²) in [7, 11) is 0. The van der Waals surface area contributed by atoms with E-state index in [4.69, 9.17) is 11.5 Å². The highest BCUT2D eigenvalue weighted by Gasteiger charge is 2.27. The predicted molar refractivity (Wildman–Crippen MR) is 64.1 cm³/mol. The summed E-state index contributed by atoms with van der Waals surface area (Å²) in [5, 5.41) is 4.04. The molecule has 7 nitrogen and oxygen atoms in total. The first-order valence-corrected chi connectivity index (χ1v) is 5.63. The fourth-order valence-electron chi connectivity index (χ4n) is 1.69. The normalized spacial score (nSPS) is 14.7. The summed E-state index contributed by atoms with van der Waals surface area (Å²) in [6, 6.07) is 1.61. The van der Waals surface area contributed by atoms with Gasteiger partial charge in [0, 0.05) is 18.2 Å². The maximum Gasteiger partial charge on any atom is 0.251 e. The van der Waals surface area contributed by atoms with E-state index >= 15 is 0 Å². The van der Waals surface area contributed by atoms with E-state index in [1.165, 1.54) is 17.1 Å². The molecule has 0 radical (unpaired) electrons. The van der Waals surface area contributed by atoms with E-state index in [9.17, 15) is 4.79 Å². The molecule has 1 aliphatic carbocycles. The molecule has 1 fully saturated rings. The summed E-state index contributed by atoms with van der Waals surface area (Å²) in [6.45, 7) is 0. The number of primary amides is 1. The summed E-state index contributed by atoms with van der Waals surface area (Å²) >= 11 is 0. The molecule has 3 rings (SSSR count). The number of anilines is 1. The number of carbonyl (C=O) groups is 1. The molecule has 1 amide bonds. The SMILES string of the molecule is NC(=O)c1cnn(-c2cc(N)nc(C3CC3)n2)c1. The second-order valence-electron chi connectivity index (χ2n) is 4.32. The van der Waals surface area contributed by atoms with Crippen LogP contribution in [0.5, 0.6) is 0 Å². The maximum absolute atomic E-state index is 11.0. The van der Waals surface area contributed by atoms with Crippen molar-refractivity contribution in [3.63, 3.8) is 0 Å². The maximum atomic E-state index is 11.0. The number of nitrogen functional groups attached to an aromatic ring is 1. The van der Waals surface area contributed by atoms with Gasteiger partial charge in [-0.3, -0.25) is 4.79 Å². The zero-order valence-corrected chi connectivity index (χ0v) is 9.58. The van der Waals surface area contributed by atoms with Gasteiger partial charge >= 0.3 is 0 Å². The van der Waals surface area contributed by atoms with Crippen LogP contribution in [0.25, 0.3) is 5.82 Å². The van der Waals surface area contributed by atoms with Gasteiger partial charge in [0.25, 0.3) is 5.91 Å². The fraction of sp³-hybridized carbons (Fsp3) is 0.273. The smallest absolute Gasteiger partial charge is 0.251 e. The number of hydrogen-bond acceptors (Lipinski definition) is 5. The van der Waals surface area contributed by atoms with Gasteiger partial charge < -0.3 is 11.5 Å². The Hall–Kier alpha value is -2.44. The van der Waals surface area contributed by atoms with Gasteiger partial charge in [-0.2, -0.15) is 5.10 Å². The molecular weight excluding hydrogens is 232 g/mol. The minimum atomic E-state index is -0.523. The lowest BCUT2D eigenvalue weighted by Gasteiger charge is -2.04. The minimum absolute atomic E-state index is 0.333. The first-order valence-electron chi connectivity index (χ1n) is 5.63. The highest BCUT2D eigenvalue weighted by Crippen LogP contribution is 2.38. The average molecular weight is 244 g/mol. The van der Waals surface area contributed by atoms with Gasteiger partial charge in [0.2, 0.25) is 0 Å². The van der Waals surface area contributed by atoms with Crippen LogP contribution in [-0.2, 0) is 0 Å². The van der Waals surface area contributed by atoms with Gasteiger partial charge in [-0.05, 0) is 12.8 Å². The largest absolute Gasteiger partial charge is 0.384 e. The molecule has 0 aliphatic heterocycles. The number of hydrogen-bond donors (Lipinski definition) is 2. The molecule has 0 aromatic carbocycles. The van der Waals surface area contributed by atoms with Gasteiger partial charge in [0.05, 0.1) is 11.8 Å².